The van der Waals surface area contributed by atoms with Crippen molar-refractivity contribution < 1.29 is 4.79 Å². The third kappa shape index (κ3) is 6.11. The minimum Gasteiger partial charge on any atom is -0.372 e. The average Bonchev–Trinajstić information content (AvgIpc) is 2.82. The van der Waals surface area contributed by atoms with Gasteiger partial charge in [0, 0.05) is 43.8 Å². The monoisotopic (exact) mass is 416 g/mol. The number of nitrogens with zero attached hydrogens (tertiary/aromatic N) is 3. The maximum atomic E-state index is 12.8. The minimum absolute atomic E-state index is 0.148. The topological polar surface area (TPSA) is 59.4 Å². The molecule has 0 spiro atoms. The molecule has 0 radical (unpaired) electrons. The average molecular weight is 417 g/mol. The molecule has 1 N–H and O–H groups in total. The van der Waals surface area contributed by atoms with Crippen LogP contribution in [-0.2, 0) is 11.2 Å². The van der Waals surface area contributed by atoms with E-state index in [1.54, 1.807) is 0 Å². The summed E-state index contributed by atoms with van der Waals surface area (Å²) in [7, 11) is 0. The summed E-state index contributed by atoms with van der Waals surface area (Å²) >= 11 is 0. The quantitative estimate of drug-likeness (QED) is 0.494. The number of nitrogens with one attached hydrogen (secondary N) is 1. The number of hydrogen-bond donors (Lipinski definition) is 1. The molecule has 1 saturated heterocycles. The molecule has 0 aliphatic carbocycles. The predicted molar refractivity (Wildman–Crippen MR) is 127 cm³/mol. The lowest BCUT2D eigenvalue weighted by Crippen LogP contribution is -2.39. The number of likely N-dealkylation sites (tertiary alicyclic amines) is 1. The Labute approximate surface area is 186 Å². The summed E-state index contributed by atoms with van der Waals surface area (Å²) in [5.41, 5.74) is 3.52. The molecule has 5 heteroatoms. The van der Waals surface area contributed by atoms with Gasteiger partial charge in [0.1, 0.15) is 11.6 Å². The second-order valence-corrected chi connectivity index (χ2v) is 7.96. The lowest BCUT2D eigenvalue weighted by atomic mass is 9.90. The van der Waals surface area contributed by atoms with Crippen LogP contribution in [0.3, 0.4) is 0 Å². The molecule has 0 atom stereocenters. The molecular weight excluding hydrogens is 384 g/mol. The van der Waals surface area contributed by atoms with Crippen LogP contribution in [0.2, 0.25) is 0 Å². The molecule has 1 heterocycles. The van der Waals surface area contributed by atoms with E-state index in [1.807, 2.05) is 23.1 Å². The van der Waals surface area contributed by atoms with Crippen LogP contribution in [0.25, 0.3) is 0 Å². The Morgan fingerprint density at radius 2 is 1.74 bits per heavy atom. The molecule has 1 amide bonds. The number of carbonyl (C=O) groups is 1. The molecule has 31 heavy (non-hydrogen) atoms. The Kier molecular flexibility index (Phi) is 8.12. The van der Waals surface area contributed by atoms with E-state index in [1.165, 1.54) is 11.8 Å². The van der Waals surface area contributed by atoms with Crippen molar-refractivity contribution in [3.63, 3.8) is 0 Å². The Morgan fingerprint density at radius 3 is 2.32 bits per heavy atom. The molecule has 1 aliphatic rings. The second kappa shape index (κ2) is 11.2. The first-order chi connectivity index (χ1) is 15.1. The van der Waals surface area contributed by atoms with Crippen molar-refractivity contribution in [1.82, 2.24) is 4.90 Å². The molecule has 2 aromatic carbocycles. The maximum Gasteiger partial charge on any atom is 0.266 e. The van der Waals surface area contributed by atoms with Crippen LogP contribution in [0, 0.1) is 17.2 Å². The Morgan fingerprint density at radius 1 is 1.10 bits per heavy atom. The van der Waals surface area contributed by atoms with Gasteiger partial charge in [0.25, 0.3) is 5.91 Å². The van der Waals surface area contributed by atoms with E-state index >= 15 is 0 Å². The molecule has 0 unspecified atom stereocenters. The largest absolute Gasteiger partial charge is 0.372 e. The van der Waals surface area contributed by atoms with Crippen molar-refractivity contribution in [3.8, 4) is 6.07 Å². The fraction of sp³-hybridized carbons (Fsp3) is 0.385. The van der Waals surface area contributed by atoms with Crippen molar-refractivity contribution in [2.24, 2.45) is 5.92 Å². The van der Waals surface area contributed by atoms with Gasteiger partial charge in [0.15, 0.2) is 0 Å². The van der Waals surface area contributed by atoms with Crippen LogP contribution < -0.4 is 10.2 Å². The number of rotatable bonds is 8. The zero-order chi connectivity index (χ0) is 22.1. The normalized spacial score (nSPS) is 14.7. The van der Waals surface area contributed by atoms with Crippen LogP contribution in [0.1, 0.15) is 32.3 Å². The molecule has 162 valence electrons. The first-order valence-electron chi connectivity index (χ1n) is 11.2. The number of benzene rings is 2. The predicted octanol–water partition coefficient (Wildman–Crippen LogP) is 4.83. The van der Waals surface area contributed by atoms with Crippen molar-refractivity contribution in [1.29, 1.82) is 5.26 Å². The van der Waals surface area contributed by atoms with Gasteiger partial charge in [0.2, 0.25) is 0 Å². The standard InChI is InChI=1S/C26H32N4O/c1-3-29(4-2)25-12-10-24(11-13-25)28-20-23(19-27)26(31)30-16-14-22(15-17-30)18-21-8-6-5-7-9-21/h5-13,20,22,28H,3-4,14-18H2,1-2H3/b23-20-. The van der Waals surface area contributed by atoms with E-state index in [9.17, 15) is 10.1 Å². The van der Waals surface area contributed by atoms with Crippen molar-refractivity contribution in [2.45, 2.75) is 33.1 Å². The van der Waals surface area contributed by atoms with Gasteiger partial charge in [-0.05, 0) is 68.9 Å². The molecule has 0 aromatic heterocycles. The van der Waals surface area contributed by atoms with Gasteiger partial charge in [-0.15, -0.1) is 0 Å². The molecule has 2 aromatic rings. The smallest absolute Gasteiger partial charge is 0.266 e. The van der Waals surface area contributed by atoms with E-state index in [0.717, 1.165) is 43.7 Å². The first-order valence-corrected chi connectivity index (χ1v) is 11.2. The van der Waals surface area contributed by atoms with Crippen LogP contribution in [0.15, 0.2) is 66.4 Å². The van der Waals surface area contributed by atoms with Crippen LogP contribution in [0.4, 0.5) is 11.4 Å². The highest BCUT2D eigenvalue weighted by molar-refractivity contribution is 5.97. The Balaban J connectivity index is 1.54. The van der Waals surface area contributed by atoms with Gasteiger partial charge in [-0.2, -0.15) is 5.26 Å². The zero-order valence-corrected chi connectivity index (χ0v) is 18.6. The van der Waals surface area contributed by atoms with Crippen LogP contribution >= 0.6 is 0 Å². The van der Waals surface area contributed by atoms with E-state index in [2.05, 4.69) is 66.5 Å². The number of nitriles is 1. The van der Waals surface area contributed by atoms with Crippen molar-refractivity contribution in [3.05, 3.63) is 71.9 Å². The molecule has 0 bridgehead atoms. The van der Waals surface area contributed by atoms with Crippen LogP contribution in [0.5, 0.6) is 0 Å². The van der Waals surface area contributed by atoms with Gasteiger partial charge >= 0.3 is 0 Å². The van der Waals surface area contributed by atoms with E-state index in [-0.39, 0.29) is 11.5 Å². The molecule has 3 rings (SSSR count). The summed E-state index contributed by atoms with van der Waals surface area (Å²) in [6.45, 7) is 7.58. The van der Waals surface area contributed by atoms with Gasteiger partial charge in [-0.3, -0.25) is 4.79 Å². The zero-order valence-electron chi connectivity index (χ0n) is 18.6. The SMILES string of the molecule is CCN(CC)c1ccc(N/C=C(/C#N)C(=O)N2CCC(Cc3ccccc3)CC2)cc1. The van der Waals surface area contributed by atoms with E-state index in [0.29, 0.717) is 19.0 Å². The molecule has 1 aliphatic heterocycles. The third-order valence-electron chi connectivity index (χ3n) is 6.00. The number of amides is 1. The van der Waals surface area contributed by atoms with E-state index in [4.69, 9.17) is 0 Å². The summed E-state index contributed by atoms with van der Waals surface area (Å²) in [5.74, 6) is 0.399. The van der Waals surface area contributed by atoms with Gasteiger partial charge in [-0.25, -0.2) is 0 Å². The molecule has 5 nitrogen and oxygen atoms in total. The second-order valence-electron chi connectivity index (χ2n) is 7.96. The number of piperidine rings is 1. The lowest BCUT2D eigenvalue weighted by molar-refractivity contribution is -0.128. The summed E-state index contributed by atoms with van der Waals surface area (Å²) < 4.78 is 0. The summed E-state index contributed by atoms with van der Waals surface area (Å²) in [6.07, 6.45) is 4.53. The molecule has 1 fully saturated rings. The van der Waals surface area contributed by atoms with Gasteiger partial charge in [-0.1, -0.05) is 30.3 Å². The van der Waals surface area contributed by atoms with Crippen molar-refractivity contribution in [2.75, 3.05) is 36.4 Å². The maximum absolute atomic E-state index is 12.8. The molecular formula is C26H32N4O. The minimum atomic E-state index is -0.187. The first kappa shape index (κ1) is 22.4. The third-order valence-corrected chi connectivity index (χ3v) is 6.00. The number of carbonyl (C=O) groups excluding carboxylic acids is 1. The highest BCUT2D eigenvalue weighted by Crippen LogP contribution is 2.23. The fourth-order valence-electron chi connectivity index (χ4n) is 4.11. The highest BCUT2D eigenvalue weighted by atomic mass is 16.2. The van der Waals surface area contributed by atoms with Gasteiger partial charge in [0.05, 0.1) is 0 Å². The summed E-state index contributed by atoms with van der Waals surface area (Å²) in [4.78, 5) is 16.9. The number of hydrogen-bond acceptors (Lipinski definition) is 4. The summed E-state index contributed by atoms with van der Waals surface area (Å²) in [5, 5.41) is 12.6. The van der Waals surface area contributed by atoms with Crippen molar-refractivity contribution >= 4 is 17.3 Å². The molecule has 0 saturated carbocycles. The summed E-state index contributed by atoms with van der Waals surface area (Å²) in [6, 6.07) is 20.6. The fourth-order valence-corrected chi connectivity index (χ4v) is 4.11. The number of anilines is 2. The highest BCUT2D eigenvalue weighted by Gasteiger charge is 2.25. The van der Waals surface area contributed by atoms with E-state index < -0.39 is 0 Å². The Hall–Kier alpha value is -3.26. The van der Waals surface area contributed by atoms with Crippen LogP contribution in [-0.4, -0.2) is 37.0 Å². The van der Waals surface area contributed by atoms with Gasteiger partial charge < -0.3 is 15.1 Å². The lowest BCUT2D eigenvalue weighted by Gasteiger charge is -2.32. The Bertz CT molecular complexity index is 903.